The van der Waals surface area contributed by atoms with Gasteiger partial charge in [-0.1, -0.05) is 292 Å². The van der Waals surface area contributed by atoms with Crippen molar-refractivity contribution in [2.45, 2.75) is 362 Å². The van der Waals surface area contributed by atoms with Crippen molar-refractivity contribution in [3.8, 4) is 0 Å². The number of aliphatic hydroxyl groups excluding tert-OH is 1. The fourth-order valence-electron chi connectivity index (χ4n) is 10.4. The van der Waals surface area contributed by atoms with Gasteiger partial charge in [0, 0.05) is 25.7 Å². The molecule has 0 saturated heterocycles. The second kappa shape index (κ2) is 60.0. The third-order valence-electron chi connectivity index (χ3n) is 15.9. The van der Waals surface area contributed by atoms with E-state index in [1.807, 2.05) is 0 Å². The number of hydrogen-bond acceptors (Lipinski definition) is 15. The Bertz CT molecular complexity index is 1730. The molecule has 88 heavy (non-hydrogen) atoms. The number of carbonyl (C=O) groups excluding carboxylic acids is 4. The van der Waals surface area contributed by atoms with E-state index in [4.69, 9.17) is 37.0 Å². The van der Waals surface area contributed by atoms with Gasteiger partial charge < -0.3 is 33.8 Å². The molecule has 0 aliphatic rings. The van der Waals surface area contributed by atoms with E-state index in [-0.39, 0.29) is 25.7 Å². The van der Waals surface area contributed by atoms with Crippen molar-refractivity contribution >= 4 is 39.5 Å². The number of ether oxygens (including phenoxy) is 4. The number of phosphoric acid groups is 2. The van der Waals surface area contributed by atoms with Crippen molar-refractivity contribution < 1.29 is 80.2 Å². The molecule has 0 aromatic carbocycles. The molecule has 19 heteroatoms. The third-order valence-corrected chi connectivity index (χ3v) is 17.8. The molecule has 0 aromatic heterocycles. The van der Waals surface area contributed by atoms with E-state index >= 15 is 0 Å². The largest absolute Gasteiger partial charge is 0.472 e. The molecular weight excluding hydrogens is 1160 g/mol. The Morgan fingerprint density at radius 3 is 0.773 bits per heavy atom. The smallest absolute Gasteiger partial charge is 0.462 e. The highest BCUT2D eigenvalue weighted by molar-refractivity contribution is 7.47. The van der Waals surface area contributed by atoms with Crippen LogP contribution >= 0.6 is 15.6 Å². The van der Waals surface area contributed by atoms with Gasteiger partial charge in [-0.05, 0) is 43.4 Å². The summed E-state index contributed by atoms with van der Waals surface area (Å²) in [5, 5.41) is 10.6. The van der Waals surface area contributed by atoms with Gasteiger partial charge in [-0.25, -0.2) is 9.13 Å². The average Bonchev–Trinajstić information content (AvgIpc) is 3.55. The predicted octanol–water partition coefficient (Wildman–Crippen LogP) is 19.5. The summed E-state index contributed by atoms with van der Waals surface area (Å²) in [4.78, 5) is 72.4. The molecule has 0 aliphatic heterocycles. The minimum absolute atomic E-state index is 0.105. The first-order chi connectivity index (χ1) is 42.2. The third kappa shape index (κ3) is 62.8. The number of phosphoric ester groups is 2. The van der Waals surface area contributed by atoms with Gasteiger partial charge in [0.15, 0.2) is 12.2 Å². The fraction of sp³-hybridized carbons (Fsp3) is 0.942. The molecule has 0 spiro atoms. The molecule has 17 nitrogen and oxygen atoms in total. The summed E-state index contributed by atoms with van der Waals surface area (Å²) in [5.41, 5.74) is 0. The van der Waals surface area contributed by atoms with Gasteiger partial charge >= 0.3 is 39.5 Å². The van der Waals surface area contributed by atoms with Gasteiger partial charge in [0.25, 0.3) is 0 Å². The van der Waals surface area contributed by atoms with E-state index in [0.29, 0.717) is 25.7 Å². The van der Waals surface area contributed by atoms with Gasteiger partial charge in [-0.15, -0.1) is 0 Å². The first-order valence-corrected chi connectivity index (χ1v) is 38.8. The van der Waals surface area contributed by atoms with Crippen molar-refractivity contribution in [3.63, 3.8) is 0 Å². The molecule has 0 aromatic rings. The highest BCUT2D eigenvalue weighted by atomic mass is 31.2. The van der Waals surface area contributed by atoms with E-state index < -0.39 is 97.5 Å². The van der Waals surface area contributed by atoms with Crippen LogP contribution in [-0.4, -0.2) is 96.7 Å². The first kappa shape index (κ1) is 86.1. The standard InChI is InChI=1S/C69H134O17P2/c1-8-9-10-11-12-29-36-43-50-66(71)79-56-64(86-69(74)53-46-39-32-25-19-22-28-35-42-49-62(6)7)58-83-87(75,76)81-54-63(70)55-82-88(77,78)84-59-65(57-80-67(72)51-44-37-30-24-18-21-27-34-41-48-61(4)5)85-68(73)52-45-38-31-23-17-15-13-14-16-20-26-33-40-47-60(2)3/h60-65,70H,8-59H2,1-7H3,(H,75,76)(H,77,78)/t63-,64+,65+/m0/s1. The maximum atomic E-state index is 13.0. The lowest BCUT2D eigenvalue weighted by molar-refractivity contribution is -0.161. The Kier molecular flexibility index (Phi) is 58.7. The molecule has 0 fully saturated rings. The highest BCUT2D eigenvalue weighted by Crippen LogP contribution is 2.45. The van der Waals surface area contributed by atoms with Crippen LogP contribution < -0.4 is 0 Å². The maximum Gasteiger partial charge on any atom is 0.472 e. The van der Waals surface area contributed by atoms with E-state index in [2.05, 4.69) is 48.5 Å². The fourth-order valence-corrected chi connectivity index (χ4v) is 11.9. The molecule has 0 amide bonds. The molecule has 0 heterocycles. The van der Waals surface area contributed by atoms with Crippen LogP contribution in [0.15, 0.2) is 0 Å². The SMILES string of the molecule is CCCCCCCCCCC(=O)OC[C@H](COP(=O)(O)OC[C@H](O)COP(=O)(O)OC[C@@H](COC(=O)CCCCCCCCCCCC(C)C)OC(=O)CCCCCCCCCCCCCCCC(C)C)OC(=O)CCCCCCCCCCCC(C)C. The monoisotopic (exact) mass is 1300 g/mol. The van der Waals surface area contributed by atoms with Crippen molar-refractivity contribution in [2.75, 3.05) is 39.6 Å². The van der Waals surface area contributed by atoms with E-state index in [9.17, 15) is 43.2 Å². The molecular formula is C69H134O17P2. The highest BCUT2D eigenvalue weighted by Gasteiger charge is 2.30. The lowest BCUT2D eigenvalue weighted by Crippen LogP contribution is -2.30. The summed E-state index contributed by atoms with van der Waals surface area (Å²) in [5.74, 6) is 0.137. The molecule has 0 aliphatic carbocycles. The van der Waals surface area contributed by atoms with Crippen LogP contribution in [0, 0.1) is 17.8 Å². The van der Waals surface area contributed by atoms with Gasteiger partial charge in [0.1, 0.15) is 19.3 Å². The summed E-state index contributed by atoms with van der Waals surface area (Å²) in [7, 11) is -9.90. The maximum absolute atomic E-state index is 13.0. The summed E-state index contributed by atoms with van der Waals surface area (Å²) in [6.07, 6.45) is 43.1. The Morgan fingerprint density at radius 1 is 0.307 bits per heavy atom. The number of unbranched alkanes of at least 4 members (excludes halogenated alkanes) is 35. The number of rotatable bonds is 67. The quantitative estimate of drug-likeness (QED) is 0.0222. The molecule has 0 bridgehead atoms. The second-order valence-electron chi connectivity index (χ2n) is 26.3. The van der Waals surface area contributed by atoms with Crippen LogP contribution in [-0.2, 0) is 65.4 Å². The molecule has 0 radical (unpaired) electrons. The molecule has 2 unspecified atom stereocenters. The van der Waals surface area contributed by atoms with E-state index in [1.165, 1.54) is 148 Å². The Balaban J connectivity index is 5.23. The summed E-state index contributed by atoms with van der Waals surface area (Å²) in [6.45, 7) is 11.8. The normalized spacial score (nSPS) is 14.2. The number of aliphatic hydroxyl groups is 1. The zero-order chi connectivity index (χ0) is 65.2. The summed E-state index contributed by atoms with van der Waals surface area (Å²) in [6, 6.07) is 0. The van der Waals surface area contributed by atoms with Gasteiger partial charge in [0.05, 0.1) is 26.4 Å². The number of carbonyl (C=O) groups is 4. The van der Waals surface area contributed by atoms with Crippen LogP contribution in [0.1, 0.15) is 344 Å². The molecule has 522 valence electrons. The lowest BCUT2D eigenvalue weighted by atomic mass is 10.0. The number of hydrogen-bond donors (Lipinski definition) is 3. The minimum atomic E-state index is -4.95. The van der Waals surface area contributed by atoms with Crippen LogP contribution in [0.3, 0.4) is 0 Å². The van der Waals surface area contributed by atoms with Gasteiger partial charge in [0.2, 0.25) is 0 Å². The van der Waals surface area contributed by atoms with Crippen LogP contribution in [0.5, 0.6) is 0 Å². The van der Waals surface area contributed by atoms with Gasteiger partial charge in [-0.2, -0.15) is 0 Å². The molecule has 5 atom stereocenters. The lowest BCUT2D eigenvalue weighted by Gasteiger charge is -2.21. The van der Waals surface area contributed by atoms with Crippen molar-refractivity contribution in [3.05, 3.63) is 0 Å². The second-order valence-corrected chi connectivity index (χ2v) is 29.3. The first-order valence-electron chi connectivity index (χ1n) is 35.8. The van der Waals surface area contributed by atoms with Crippen molar-refractivity contribution in [2.24, 2.45) is 17.8 Å². The molecule has 3 N–H and O–H groups in total. The molecule has 0 saturated carbocycles. The Morgan fingerprint density at radius 2 is 0.523 bits per heavy atom. The summed E-state index contributed by atoms with van der Waals surface area (Å²) < 4.78 is 68.2. The molecule has 0 rings (SSSR count). The zero-order valence-electron chi connectivity index (χ0n) is 57.2. The van der Waals surface area contributed by atoms with Crippen molar-refractivity contribution in [1.29, 1.82) is 0 Å². The van der Waals surface area contributed by atoms with Crippen LogP contribution in [0.2, 0.25) is 0 Å². The Hall–Kier alpha value is -1.94. The van der Waals surface area contributed by atoms with Gasteiger partial charge in [-0.3, -0.25) is 37.3 Å². The summed E-state index contributed by atoms with van der Waals surface area (Å²) >= 11 is 0. The van der Waals surface area contributed by atoms with Crippen LogP contribution in [0.4, 0.5) is 0 Å². The average molecular weight is 1300 g/mol. The zero-order valence-corrected chi connectivity index (χ0v) is 59.0. The minimum Gasteiger partial charge on any atom is -0.462 e. The number of esters is 4. The van der Waals surface area contributed by atoms with Crippen LogP contribution in [0.25, 0.3) is 0 Å². The Labute approximate surface area is 537 Å². The van der Waals surface area contributed by atoms with E-state index in [1.54, 1.807) is 0 Å². The van der Waals surface area contributed by atoms with E-state index in [0.717, 1.165) is 114 Å². The van der Waals surface area contributed by atoms with Crippen molar-refractivity contribution in [1.82, 2.24) is 0 Å². The topological polar surface area (TPSA) is 237 Å². The predicted molar refractivity (Wildman–Crippen MR) is 354 cm³/mol.